The van der Waals surface area contributed by atoms with Gasteiger partial charge in [0.25, 0.3) is 0 Å². The number of nitrogens with one attached hydrogen (secondary N) is 1. The molecule has 0 aliphatic heterocycles. The lowest BCUT2D eigenvalue weighted by atomic mass is 10.2. The second-order valence-electron chi connectivity index (χ2n) is 5.05. The minimum absolute atomic E-state index is 0.223. The molecule has 0 radical (unpaired) electrons. The Morgan fingerprint density at radius 1 is 1.40 bits per heavy atom. The molecule has 0 aromatic heterocycles. The molecular weight excluding hydrogens is 282 g/mol. The summed E-state index contributed by atoms with van der Waals surface area (Å²) in [6.45, 7) is 5.85. The summed E-state index contributed by atoms with van der Waals surface area (Å²) >= 11 is 5.97. The van der Waals surface area contributed by atoms with E-state index in [9.17, 15) is 9.59 Å². The third-order valence-electron chi connectivity index (χ3n) is 2.15. The SMILES string of the molecule is CC(C)(C)OC(=O)NCCOc1cccc(C=O)c1Cl. The molecule has 1 aromatic rings. The molecule has 0 bridgehead atoms. The van der Waals surface area contributed by atoms with Gasteiger partial charge in [0, 0.05) is 5.56 Å². The van der Waals surface area contributed by atoms with Crippen LogP contribution in [-0.2, 0) is 4.74 Å². The van der Waals surface area contributed by atoms with Crippen molar-refractivity contribution in [3.8, 4) is 5.75 Å². The third-order valence-corrected chi connectivity index (χ3v) is 2.55. The first-order valence-electron chi connectivity index (χ1n) is 6.17. The summed E-state index contributed by atoms with van der Waals surface area (Å²) in [5, 5.41) is 2.82. The van der Waals surface area contributed by atoms with Gasteiger partial charge in [-0.1, -0.05) is 17.7 Å². The molecule has 5 nitrogen and oxygen atoms in total. The van der Waals surface area contributed by atoms with Crippen LogP contribution in [0.2, 0.25) is 5.02 Å². The van der Waals surface area contributed by atoms with E-state index in [0.29, 0.717) is 17.6 Å². The van der Waals surface area contributed by atoms with Crippen molar-refractivity contribution >= 4 is 24.0 Å². The van der Waals surface area contributed by atoms with Gasteiger partial charge in [-0.3, -0.25) is 4.79 Å². The van der Waals surface area contributed by atoms with Crippen molar-refractivity contribution in [3.05, 3.63) is 28.8 Å². The average Bonchev–Trinajstić information content (AvgIpc) is 2.34. The number of benzene rings is 1. The fourth-order valence-corrected chi connectivity index (χ4v) is 1.58. The first-order valence-corrected chi connectivity index (χ1v) is 6.54. The van der Waals surface area contributed by atoms with Crippen molar-refractivity contribution in [1.82, 2.24) is 5.32 Å². The number of rotatable bonds is 5. The fourth-order valence-electron chi connectivity index (χ4n) is 1.36. The Morgan fingerprint density at radius 3 is 2.70 bits per heavy atom. The van der Waals surface area contributed by atoms with E-state index in [0.717, 1.165) is 0 Å². The molecule has 0 aliphatic carbocycles. The highest BCUT2D eigenvalue weighted by molar-refractivity contribution is 6.34. The topological polar surface area (TPSA) is 64.6 Å². The van der Waals surface area contributed by atoms with Gasteiger partial charge in [0.1, 0.15) is 18.0 Å². The quantitative estimate of drug-likeness (QED) is 0.670. The third kappa shape index (κ3) is 5.48. The van der Waals surface area contributed by atoms with E-state index in [1.54, 1.807) is 39.0 Å². The van der Waals surface area contributed by atoms with E-state index >= 15 is 0 Å². The number of alkyl carbamates (subject to hydrolysis) is 1. The van der Waals surface area contributed by atoms with Crippen LogP contribution < -0.4 is 10.1 Å². The lowest BCUT2D eigenvalue weighted by Gasteiger charge is -2.19. The second kappa shape index (κ2) is 7.14. The van der Waals surface area contributed by atoms with Crippen molar-refractivity contribution in [2.75, 3.05) is 13.2 Å². The summed E-state index contributed by atoms with van der Waals surface area (Å²) < 4.78 is 10.5. The summed E-state index contributed by atoms with van der Waals surface area (Å²) in [5.41, 5.74) is -0.170. The molecule has 0 atom stereocenters. The number of carbonyl (C=O) groups excluding carboxylic acids is 2. The molecule has 20 heavy (non-hydrogen) atoms. The van der Waals surface area contributed by atoms with Gasteiger partial charge >= 0.3 is 6.09 Å². The molecule has 0 unspecified atom stereocenters. The fraction of sp³-hybridized carbons (Fsp3) is 0.429. The number of halogens is 1. The molecule has 0 saturated carbocycles. The monoisotopic (exact) mass is 299 g/mol. The summed E-state index contributed by atoms with van der Waals surface area (Å²) in [7, 11) is 0. The Balaban J connectivity index is 2.39. The van der Waals surface area contributed by atoms with Crippen LogP contribution in [0.3, 0.4) is 0 Å². The molecular formula is C14H18ClNO4. The largest absolute Gasteiger partial charge is 0.490 e. The molecule has 1 aromatic carbocycles. The molecule has 6 heteroatoms. The molecule has 1 N–H and O–H groups in total. The molecule has 0 heterocycles. The predicted molar refractivity (Wildman–Crippen MR) is 76.6 cm³/mol. The Bertz CT molecular complexity index is 483. The van der Waals surface area contributed by atoms with E-state index in [4.69, 9.17) is 21.1 Å². The zero-order chi connectivity index (χ0) is 15.2. The number of hydrogen-bond acceptors (Lipinski definition) is 4. The lowest BCUT2D eigenvalue weighted by molar-refractivity contribution is 0.0520. The van der Waals surface area contributed by atoms with Crippen LogP contribution >= 0.6 is 11.6 Å². The van der Waals surface area contributed by atoms with Crippen LogP contribution in [0.5, 0.6) is 5.75 Å². The summed E-state index contributed by atoms with van der Waals surface area (Å²) in [6, 6.07) is 4.93. The number of ether oxygens (including phenoxy) is 2. The van der Waals surface area contributed by atoms with Gasteiger partial charge in [0.05, 0.1) is 11.6 Å². The van der Waals surface area contributed by atoms with Crippen LogP contribution in [-0.4, -0.2) is 31.1 Å². The first kappa shape index (κ1) is 16.3. The molecule has 1 amide bonds. The van der Waals surface area contributed by atoms with E-state index in [1.165, 1.54) is 0 Å². The zero-order valence-corrected chi connectivity index (χ0v) is 12.5. The van der Waals surface area contributed by atoms with E-state index in [2.05, 4.69) is 5.32 Å². The van der Waals surface area contributed by atoms with Crippen LogP contribution in [0, 0.1) is 0 Å². The Morgan fingerprint density at radius 2 is 2.10 bits per heavy atom. The first-order chi connectivity index (χ1) is 9.33. The number of carbonyl (C=O) groups is 2. The normalized spacial score (nSPS) is 10.8. The van der Waals surface area contributed by atoms with Crippen molar-refractivity contribution in [3.63, 3.8) is 0 Å². The van der Waals surface area contributed by atoms with Gasteiger partial charge in [0.15, 0.2) is 6.29 Å². The summed E-state index contributed by atoms with van der Waals surface area (Å²) in [5.74, 6) is 0.405. The van der Waals surface area contributed by atoms with E-state index < -0.39 is 11.7 Å². The molecule has 110 valence electrons. The van der Waals surface area contributed by atoms with Gasteiger partial charge in [-0.25, -0.2) is 4.79 Å². The van der Waals surface area contributed by atoms with Crippen molar-refractivity contribution < 1.29 is 19.1 Å². The Hall–Kier alpha value is -1.75. The van der Waals surface area contributed by atoms with Crippen molar-refractivity contribution in [1.29, 1.82) is 0 Å². The number of hydrogen-bond donors (Lipinski definition) is 1. The van der Waals surface area contributed by atoms with Crippen LogP contribution in [0.4, 0.5) is 4.79 Å². The number of amides is 1. The maximum atomic E-state index is 11.4. The van der Waals surface area contributed by atoms with Crippen molar-refractivity contribution in [2.24, 2.45) is 0 Å². The van der Waals surface area contributed by atoms with Gasteiger partial charge in [-0.2, -0.15) is 0 Å². The highest BCUT2D eigenvalue weighted by atomic mass is 35.5. The molecule has 0 fully saturated rings. The minimum Gasteiger partial charge on any atom is -0.490 e. The standard InChI is InChI=1S/C14H18ClNO4/c1-14(2,3)20-13(18)16-7-8-19-11-6-4-5-10(9-17)12(11)15/h4-6,9H,7-8H2,1-3H3,(H,16,18). The number of aldehydes is 1. The average molecular weight is 300 g/mol. The predicted octanol–water partition coefficient (Wildman–Crippen LogP) is 3.06. The molecule has 1 rings (SSSR count). The second-order valence-corrected chi connectivity index (χ2v) is 5.43. The maximum absolute atomic E-state index is 11.4. The zero-order valence-electron chi connectivity index (χ0n) is 11.7. The van der Waals surface area contributed by atoms with Gasteiger partial charge in [0.2, 0.25) is 0 Å². The lowest BCUT2D eigenvalue weighted by Crippen LogP contribution is -2.34. The summed E-state index contributed by atoms with van der Waals surface area (Å²) in [6.07, 6.45) is 0.155. The smallest absolute Gasteiger partial charge is 0.407 e. The maximum Gasteiger partial charge on any atom is 0.407 e. The highest BCUT2D eigenvalue weighted by Gasteiger charge is 2.15. The van der Waals surface area contributed by atoms with E-state index in [-0.39, 0.29) is 18.2 Å². The Labute approximate surface area is 123 Å². The van der Waals surface area contributed by atoms with Gasteiger partial charge in [-0.05, 0) is 32.9 Å². The van der Waals surface area contributed by atoms with Gasteiger partial charge < -0.3 is 14.8 Å². The van der Waals surface area contributed by atoms with Crippen LogP contribution in [0.25, 0.3) is 0 Å². The van der Waals surface area contributed by atoms with Crippen LogP contribution in [0.15, 0.2) is 18.2 Å². The van der Waals surface area contributed by atoms with Gasteiger partial charge in [-0.15, -0.1) is 0 Å². The van der Waals surface area contributed by atoms with E-state index in [1.807, 2.05) is 0 Å². The van der Waals surface area contributed by atoms with Crippen LogP contribution in [0.1, 0.15) is 31.1 Å². The minimum atomic E-state index is -0.535. The van der Waals surface area contributed by atoms with Crippen molar-refractivity contribution in [2.45, 2.75) is 26.4 Å². The highest BCUT2D eigenvalue weighted by Crippen LogP contribution is 2.26. The Kier molecular flexibility index (Phi) is 5.82. The molecule has 0 spiro atoms. The summed E-state index contributed by atoms with van der Waals surface area (Å²) in [4.78, 5) is 22.1. The molecule has 0 aliphatic rings. The molecule has 0 saturated heterocycles.